The van der Waals surface area contributed by atoms with Gasteiger partial charge in [-0.3, -0.25) is 14.5 Å². The van der Waals surface area contributed by atoms with Crippen molar-refractivity contribution in [2.24, 2.45) is 0 Å². The number of nitrogens with zero attached hydrogens (tertiary/aromatic N) is 1. The molecule has 0 aromatic heterocycles. The Hall–Kier alpha value is -1.36. The molecule has 0 bridgehead atoms. The molecular formula is C16H19BrN2O2. The molecule has 2 fully saturated rings. The van der Waals surface area contributed by atoms with Gasteiger partial charge < -0.3 is 5.32 Å². The molecule has 1 saturated heterocycles. The van der Waals surface area contributed by atoms with Gasteiger partial charge in [-0.05, 0) is 60.3 Å². The number of rotatable bonds is 1. The van der Waals surface area contributed by atoms with E-state index in [-0.39, 0.29) is 11.8 Å². The van der Waals surface area contributed by atoms with Crippen LogP contribution in [0.15, 0.2) is 22.7 Å². The lowest BCUT2D eigenvalue weighted by Crippen LogP contribution is -2.69. The van der Waals surface area contributed by atoms with Crippen LogP contribution in [0.4, 0.5) is 5.69 Å². The van der Waals surface area contributed by atoms with Crippen LogP contribution in [0.1, 0.15) is 38.2 Å². The van der Waals surface area contributed by atoms with Crippen molar-refractivity contribution in [2.75, 3.05) is 4.90 Å². The maximum absolute atomic E-state index is 13.0. The average Bonchev–Trinajstić information content (AvgIpc) is 2.89. The van der Waals surface area contributed by atoms with Crippen LogP contribution in [0.5, 0.6) is 0 Å². The Morgan fingerprint density at radius 2 is 1.95 bits per heavy atom. The number of carbonyl (C=O) groups is 2. The summed E-state index contributed by atoms with van der Waals surface area (Å²) in [6.45, 7) is 3.78. The number of nitrogens with one attached hydrogen (secondary N) is 1. The van der Waals surface area contributed by atoms with E-state index in [1.165, 1.54) is 0 Å². The van der Waals surface area contributed by atoms with Gasteiger partial charge in [0.1, 0.15) is 11.6 Å². The van der Waals surface area contributed by atoms with Crippen LogP contribution < -0.4 is 10.2 Å². The molecule has 5 heteroatoms. The summed E-state index contributed by atoms with van der Waals surface area (Å²) < 4.78 is 0.852. The number of hydrogen-bond donors (Lipinski definition) is 1. The SMILES string of the molecule is Cc1ccc(N2C(=O)C3(CCCC3)NC(=O)C2C)c(Br)c1. The smallest absolute Gasteiger partial charge is 0.253 e. The Bertz CT molecular complexity index is 608. The van der Waals surface area contributed by atoms with E-state index in [0.717, 1.165) is 41.4 Å². The van der Waals surface area contributed by atoms with Crippen LogP contribution in [0.2, 0.25) is 0 Å². The molecule has 1 atom stereocenters. The van der Waals surface area contributed by atoms with Crippen molar-refractivity contribution in [3.63, 3.8) is 0 Å². The average molecular weight is 351 g/mol. The van der Waals surface area contributed by atoms with Crippen molar-refractivity contribution in [1.82, 2.24) is 5.32 Å². The second-order valence-electron chi connectivity index (χ2n) is 6.08. The van der Waals surface area contributed by atoms with Crippen molar-refractivity contribution in [3.8, 4) is 0 Å². The predicted octanol–water partition coefficient (Wildman–Crippen LogP) is 2.92. The third-order valence-electron chi connectivity index (χ3n) is 4.58. The number of benzene rings is 1. The Labute approximate surface area is 133 Å². The van der Waals surface area contributed by atoms with Gasteiger partial charge in [-0.2, -0.15) is 0 Å². The Morgan fingerprint density at radius 3 is 2.57 bits per heavy atom. The van der Waals surface area contributed by atoms with Gasteiger partial charge in [0.15, 0.2) is 0 Å². The van der Waals surface area contributed by atoms with Gasteiger partial charge in [-0.15, -0.1) is 0 Å². The highest BCUT2D eigenvalue weighted by Crippen LogP contribution is 2.38. The number of amides is 2. The van der Waals surface area contributed by atoms with Gasteiger partial charge in [-0.25, -0.2) is 0 Å². The van der Waals surface area contributed by atoms with Crippen molar-refractivity contribution >= 4 is 33.4 Å². The van der Waals surface area contributed by atoms with Gasteiger partial charge in [0, 0.05) is 4.47 Å². The zero-order valence-electron chi connectivity index (χ0n) is 12.3. The second-order valence-corrected chi connectivity index (χ2v) is 6.94. The maximum atomic E-state index is 13.0. The van der Waals surface area contributed by atoms with Crippen LogP contribution >= 0.6 is 15.9 Å². The minimum atomic E-state index is -0.687. The molecular weight excluding hydrogens is 332 g/mol. The summed E-state index contributed by atoms with van der Waals surface area (Å²) in [6, 6.07) is 5.37. The van der Waals surface area contributed by atoms with Gasteiger partial charge in [0.05, 0.1) is 5.69 Å². The number of aryl methyl sites for hydroxylation is 1. The first-order valence-corrected chi connectivity index (χ1v) is 8.16. The summed E-state index contributed by atoms with van der Waals surface area (Å²) in [5, 5.41) is 2.98. The van der Waals surface area contributed by atoms with E-state index in [1.54, 1.807) is 11.8 Å². The largest absolute Gasteiger partial charge is 0.340 e. The summed E-state index contributed by atoms with van der Waals surface area (Å²) >= 11 is 3.53. The first kappa shape index (κ1) is 14.6. The summed E-state index contributed by atoms with van der Waals surface area (Å²) in [7, 11) is 0. The van der Waals surface area contributed by atoms with Crippen molar-refractivity contribution < 1.29 is 9.59 Å². The van der Waals surface area contributed by atoms with Crippen LogP contribution in [0, 0.1) is 6.92 Å². The van der Waals surface area contributed by atoms with Crippen LogP contribution in [0.3, 0.4) is 0 Å². The second kappa shape index (κ2) is 5.13. The zero-order chi connectivity index (χ0) is 15.2. The molecule has 1 aromatic carbocycles. The number of piperazine rings is 1. The standard InChI is InChI=1S/C16H19BrN2O2/c1-10-5-6-13(12(17)9-10)19-11(2)14(20)18-16(15(19)21)7-3-4-8-16/h5-6,9,11H,3-4,7-8H2,1-2H3,(H,18,20). The highest BCUT2D eigenvalue weighted by Gasteiger charge is 2.51. The fraction of sp³-hybridized carbons (Fsp3) is 0.500. The Kier molecular flexibility index (Phi) is 3.56. The van der Waals surface area contributed by atoms with Gasteiger partial charge in [-0.1, -0.05) is 18.9 Å². The third-order valence-corrected chi connectivity index (χ3v) is 5.21. The lowest BCUT2D eigenvalue weighted by molar-refractivity contribution is -0.137. The summed E-state index contributed by atoms with van der Waals surface area (Å²) in [5.74, 6) is -0.0411. The normalized spacial score (nSPS) is 24.5. The molecule has 1 spiro atoms. The molecule has 2 aliphatic rings. The Morgan fingerprint density at radius 1 is 1.29 bits per heavy atom. The van der Waals surface area contributed by atoms with E-state index in [2.05, 4.69) is 21.2 Å². The highest BCUT2D eigenvalue weighted by atomic mass is 79.9. The molecule has 21 heavy (non-hydrogen) atoms. The molecule has 1 aliphatic heterocycles. The van der Waals surface area contributed by atoms with Crippen molar-refractivity contribution in [3.05, 3.63) is 28.2 Å². The van der Waals surface area contributed by atoms with Gasteiger partial charge >= 0.3 is 0 Å². The van der Waals surface area contributed by atoms with Crippen molar-refractivity contribution in [1.29, 1.82) is 0 Å². The first-order valence-electron chi connectivity index (χ1n) is 7.36. The number of anilines is 1. The summed E-state index contributed by atoms with van der Waals surface area (Å²) in [6.07, 6.45) is 3.46. The molecule has 2 amide bonds. The molecule has 1 saturated carbocycles. The van der Waals surface area contributed by atoms with E-state index in [4.69, 9.17) is 0 Å². The predicted molar refractivity (Wildman–Crippen MR) is 85.2 cm³/mol. The molecule has 1 heterocycles. The number of hydrogen-bond acceptors (Lipinski definition) is 2. The zero-order valence-corrected chi connectivity index (χ0v) is 13.9. The maximum Gasteiger partial charge on any atom is 0.253 e. The molecule has 4 nitrogen and oxygen atoms in total. The van der Waals surface area contributed by atoms with Crippen molar-refractivity contribution in [2.45, 2.75) is 51.1 Å². The van der Waals surface area contributed by atoms with Gasteiger partial charge in [0.25, 0.3) is 5.91 Å². The topological polar surface area (TPSA) is 49.4 Å². The summed E-state index contributed by atoms with van der Waals surface area (Å²) in [5.41, 5.74) is 1.20. The molecule has 1 unspecified atom stereocenters. The molecule has 1 aromatic rings. The number of carbonyl (C=O) groups excluding carboxylic acids is 2. The molecule has 1 N–H and O–H groups in total. The number of halogens is 1. The third kappa shape index (κ3) is 2.27. The molecule has 0 radical (unpaired) electrons. The minimum Gasteiger partial charge on any atom is -0.340 e. The lowest BCUT2D eigenvalue weighted by atomic mass is 9.90. The van der Waals surface area contributed by atoms with Crippen LogP contribution in [-0.2, 0) is 9.59 Å². The fourth-order valence-electron chi connectivity index (χ4n) is 3.36. The van der Waals surface area contributed by atoms with E-state index < -0.39 is 11.6 Å². The monoisotopic (exact) mass is 350 g/mol. The minimum absolute atomic E-state index is 0.0247. The van der Waals surface area contributed by atoms with Crippen LogP contribution in [-0.4, -0.2) is 23.4 Å². The quantitative estimate of drug-likeness (QED) is 0.846. The molecule has 112 valence electrons. The Balaban J connectivity index is 2.05. The van der Waals surface area contributed by atoms with Crippen LogP contribution in [0.25, 0.3) is 0 Å². The lowest BCUT2D eigenvalue weighted by Gasteiger charge is -2.43. The molecule has 3 rings (SSSR count). The first-order chi connectivity index (χ1) is 9.94. The van der Waals surface area contributed by atoms with E-state index in [1.807, 2.05) is 25.1 Å². The highest BCUT2D eigenvalue weighted by molar-refractivity contribution is 9.10. The van der Waals surface area contributed by atoms with E-state index >= 15 is 0 Å². The van der Waals surface area contributed by atoms with E-state index in [0.29, 0.717) is 0 Å². The van der Waals surface area contributed by atoms with Gasteiger partial charge in [0.2, 0.25) is 5.91 Å². The summed E-state index contributed by atoms with van der Waals surface area (Å²) in [4.78, 5) is 27.0. The fourth-order valence-corrected chi connectivity index (χ4v) is 4.04. The van der Waals surface area contributed by atoms with E-state index in [9.17, 15) is 9.59 Å². The molecule has 1 aliphatic carbocycles.